The van der Waals surface area contributed by atoms with E-state index in [1.54, 1.807) is 0 Å². The quantitative estimate of drug-likeness (QED) is 0.741. The summed E-state index contributed by atoms with van der Waals surface area (Å²) in [6, 6.07) is 3.77. The van der Waals surface area contributed by atoms with Gasteiger partial charge in [0.05, 0.1) is 10.4 Å². The smallest absolute Gasteiger partial charge is 0.184 e. The first-order valence-corrected chi connectivity index (χ1v) is 5.16. The van der Waals surface area contributed by atoms with Gasteiger partial charge in [-0.25, -0.2) is 4.98 Å². The molecule has 5 heteroatoms. The Morgan fingerprint density at radius 1 is 1.50 bits per heavy atom. The number of thiazole rings is 1. The predicted octanol–water partition coefficient (Wildman–Crippen LogP) is 3.29. The molecule has 0 aliphatic carbocycles. The minimum absolute atomic E-state index is 0.523. The van der Waals surface area contributed by atoms with Crippen molar-refractivity contribution in [2.45, 2.75) is 0 Å². The summed E-state index contributed by atoms with van der Waals surface area (Å²) in [6.07, 6.45) is 0. The number of rotatable bonds is 0. The maximum atomic E-state index is 5.74. The summed E-state index contributed by atoms with van der Waals surface area (Å²) in [6.45, 7) is 0. The van der Waals surface area contributed by atoms with Crippen LogP contribution in [-0.2, 0) is 0 Å². The predicted molar refractivity (Wildman–Crippen MR) is 56.7 cm³/mol. The van der Waals surface area contributed by atoms with Gasteiger partial charge in [0.25, 0.3) is 0 Å². The molecule has 1 heterocycles. The van der Waals surface area contributed by atoms with Gasteiger partial charge < -0.3 is 5.73 Å². The fraction of sp³-hybridized carbons (Fsp3) is 0. The molecule has 2 nitrogen and oxygen atoms in total. The number of hydrogen-bond donors (Lipinski definition) is 1. The van der Waals surface area contributed by atoms with Gasteiger partial charge in [0.1, 0.15) is 5.52 Å². The average Bonchev–Trinajstić information content (AvgIpc) is 2.29. The molecule has 0 aliphatic heterocycles. The Hall–Kier alpha value is -0.320. The van der Waals surface area contributed by atoms with Gasteiger partial charge in [-0.15, -0.1) is 11.3 Å². The molecule has 0 amide bonds. The lowest BCUT2D eigenvalue weighted by Crippen LogP contribution is -1.85. The summed E-state index contributed by atoms with van der Waals surface area (Å²) in [4.78, 5) is 4.09. The number of fused-ring (bicyclic) bond motifs is 1. The zero-order valence-electron chi connectivity index (χ0n) is 5.84. The van der Waals surface area contributed by atoms with Gasteiger partial charge in [-0.3, -0.25) is 0 Å². The van der Waals surface area contributed by atoms with Crippen molar-refractivity contribution in [3.8, 4) is 0 Å². The fourth-order valence-electron chi connectivity index (χ4n) is 0.993. The zero-order valence-corrected chi connectivity index (χ0v) is 9.00. The van der Waals surface area contributed by atoms with E-state index in [4.69, 9.17) is 17.3 Å². The van der Waals surface area contributed by atoms with E-state index >= 15 is 0 Å². The lowest BCUT2D eigenvalue weighted by molar-refractivity contribution is 1.49. The van der Waals surface area contributed by atoms with Crippen molar-refractivity contribution < 1.29 is 0 Å². The van der Waals surface area contributed by atoms with Crippen LogP contribution in [-0.4, -0.2) is 4.98 Å². The van der Waals surface area contributed by atoms with Crippen LogP contribution in [0.5, 0.6) is 0 Å². The van der Waals surface area contributed by atoms with Gasteiger partial charge in [0.15, 0.2) is 4.47 Å². The molecule has 0 saturated carbocycles. The molecular weight excluding hydrogens is 260 g/mol. The molecule has 0 saturated heterocycles. The highest BCUT2D eigenvalue weighted by Crippen LogP contribution is 2.32. The molecule has 0 radical (unpaired) electrons. The summed E-state index contributed by atoms with van der Waals surface area (Å²) < 4.78 is 2.48. The number of anilines is 1. The van der Waals surface area contributed by atoms with Crippen molar-refractivity contribution in [2.75, 3.05) is 5.73 Å². The number of hydrogen-bond acceptors (Lipinski definition) is 3. The van der Waals surface area contributed by atoms with E-state index in [1.165, 1.54) is 11.3 Å². The summed E-state index contributed by atoms with van der Waals surface area (Å²) >= 11 is 10.5. The minimum Gasteiger partial charge on any atom is -0.397 e. The van der Waals surface area contributed by atoms with Crippen LogP contribution in [0, 0.1) is 0 Å². The van der Waals surface area contributed by atoms with E-state index in [0.29, 0.717) is 10.2 Å². The van der Waals surface area contributed by atoms with Crippen LogP contribution in [0.15, 0.2) is 16.6 Å². The maximum absolute atomic E-state index is 5.74. The summed E-state index contributed by atoms with van der Waals surface area (Å²) in [5.41, 5.74) is 7.17. The highest BCUT2D eigenvalue weighted by molar-refractivity contribution is 9.10. The van der Waals surface area contributed by atoms with E-state index < -0.39 is 0 Å². The Labute approximate surface area is 86.5 Å². The fourth-order valence-corrected chi connectivity index (χ4v) is 2.72. The molecule has 1 aromatic heterocycles. The van der Waals surface area contributed by atoms with Crippen LogP contribution in [0.3, 0.4) is 0 Å². The molecule has 0 fully saturated rings. The number of nitrogens with zero attached hydrogens (tertiary/aromatic N) is 1. The van der Waals surface area contributed by atoms with E-state index in [2.05, 4.69) is 20.9 Å². The van der Waals surface area contributed by atoms with Gasteiger partial charge in [0.2, 0.25) is 0 Å². The molecule has 0 aliphatic rings. The van der Waals surface area contributed by atoms with Crippen molar-refractivity contribution in [2.24, 2.45) is 0 Å². The Bertz CT molecular complexity index is 440. The molecular formula is C7H4BrClN2S. The average molecular weight is 264 g/mol. The zero-order chi connectivity index (χ0) is 8.72. The van der Waals surface area contributed by atoms with Crippen molar-refractivity contribution in [3.05, 3.63) is 21.1 Å². The third-order valence-corrected chi connectivity index (χ3v) is 3.03. The number of aromatic nitrogens is 1. The van der Waals surface area contributed by atoms with Crippen LogP contribution in [0.25, 0.3) is 10.2 Å². The van der Waals surface area contributed by atoms with Crippen LogP contribution in [0.1, 0.15) is 0 Å². The van der Waals surface area contributed by atoms with Gasteiger partial charge in [-0.05, 0) is 12.1 Å². The number of nitrogens with two attached hydrogens (primary N) is 1. The van der Waals surface area contributed by atoms with Gasteiger partial charge in [-0.2, -0.15) is 0 Å². The second-order valence-corrected chi connectivity index (χ2v) is 4.84. The van der Waals surface area contributed by atoms with Crippen molar-refractivity contribution in [1.29, 1.82) is 0 Å². The lowest BCUT2D eigenvalue weighted by Gasteiger charge is -1.94. The molecule has 0 unspecified atom stereocenters. The van der Waals surface area contributed by atoms with Crippen LogP contribution in [0.2, 0.25) is 4.47 Å². The highest BCUT2D eigenvalue weighted by Gasteiger charge is 2.05. The summed E-state index contributed by atoms with van der Waals surface area (Å²) in [5, 5.41) is 0. The first-order valence-electron chi connectivity index (χ1n) is 3.18. The third-order valence-electron chi connectivity index (χ3n) is 1.46. The molecule has 2 rings (SSSR count). The number of benzene rings is 1. The third kappa shape index (κ3) is 1.30. The maximum Gasteiger partial charge on any atom is 0.184 e. The first-order chi connectivity index (χ1) is 5.66. The van der Waals surface area contributed by atoms with Crippen molar-refractivity contribution in [3.63, 3.8) is 0 Å². The van der Waals surface area contributed by atoms with Crippen molar-refractivity contribution >= 4 is 54.8 Å². The molecule has 0 atom stereocenters. The molecule has 2 N–H and O–H groups in total. The number of nitrogen functional groups attached to an aromatic ring is 1. The van der Waals surface area contributed by atoms with Crippen LogP contribution < -0.4 is 5.73 Å². The molecule has 1 aromatic carbocycles. The normalized spacial score (nSPS) is 10.8. The summed E-state index contributed by atoms with van der Waals surface area (Å²) in [7, 11) is 0. The van der Waals surface area contributed by atoms with Crippen LogP contribution in [0.4, 0.5) is 5.69 Å². The second-order valence-electron chi connectivity index (χ2n) is 2.31. The van der Waals surface area contributed by atoms with Gasteiger partial charge in [0, 0.05) is 4.47 Å². The van der Waals surface area contributed by atoms with Crippen LogP contribution >= 0.6 is 38.9 Å². The lowest BCUT2D eigenvalue weighted by atomic mass is 10.3. The second kappa shape index (κ2) is 2.87. The topological polar surface area (TPSA) is 38.9 Å². The highest BCUT2D eigenvalue weighted by atomic mass is 79.9. The monoisotopic (exact) mass is 262 g/mol. The van der Waals surface area contributed by atoms with Gasteiger partial charge >= 0.3 is 0 Å². The summed E-state index contributed by atoms with van der Waals surface area (Å²) in [5.74, 6) is 0. The minimum atomic E-state index is 0.523. The largest absolute Gasteiger partial charge is 0.397 e. The molecule has 0 spiro atoms. The SMILES string of the molecule is Nc1cc(Br)cc2sc(Cl)nc12. The van der Waals surface area contributed by atoms with E-state index in [9.17, 15) is 0 Å². The van der Waals surface area contributed by atoms with E-state index in [-0.39, 0.29) is 0 Å². The van der Waals surface area contributed by atoms with Crippen molar-refractivity contribution in [1.82, 2.24) is 4.98 Å². The van der Waals surface area contributed by atoms with E-state index in [1.807, 2.05) is 12.1 Å². The Morgan fingerprint density at radius 3 is 3.00 bits per heavy atom. The Morgan fingerprint density at radius 2 is 2.25 bits per heavy atom. The molecule has 12 heavy (non-hydrogen) atoms. The van der Waals surface area contributed by atoms with Gasteiger partial charge in [-0.1, -0.05) is 27.5 Å². The molecule has 0 bridgehead atoms. The molecule has 2 aromatic rings. The standard InChI is InChI=1S/C7H4BrClN2S/c8-3-1-4(10)6-5(2-3)12-7(9)11-6/h1-2H,10H2. The number of halogens is 2. The Kier molecular flexibility index (Phi) is 1.98. The molecule has 62 valence electrons. The first kappa shape index (κ1) is 8.29. The Balaban J connectivity index is 2.88. The van der Waals surface area contributed by atoms with E-state index in [0.717, 1.165) is 14.7 Å².